The van der Waals surface area contributed by atoms with Crippen LogP contribution in [0.1, 0.15) is 22.7 Å². The lowest BCUT2D eigenvalue weighted by molar-refractivity contribution is -0.139. The van der Waals surface area contributed by atoms with Crippen molar-refractivity contribution in [2.45, 2.75) is 12.5 Å². The van der Waals surface area contributed by atoms with E-state index < -0.39 is 17.7 Å². The second-order valence-electron chi connectivity index (χ2n) is 7.73. The largest absolute Gasteiger partial charge is 0.507 e. The number of Topliss-reactive ketones (excluding diaryl/α,β-unsaturated/α-hetero) is 1. The van der Waals surface area contributed by atoms with Gasteiger partial charge in [0.25, 0.3) is 11.7 Å². The van der Waals surface area contributed by atoms with Gasteiger partial charge in [0.05, 0.1) is 32.3 Å². The van der Waals surface area contributed by atoms with Crippen molar-refractivity contribution in [2.24, 2.45) is 0 Å². The third kappa shape index (κ3) is 4.28. The first-order chi connectivity index (χ1) is 16.4. The molecule has 1 fully saturated rings. The molecule has 34 heavy (non-hydrogen) atoms. The van der Waals surface area contributed by atoms with Crippen molar-refractivity contribution in [3.63, 3.8) is 0 Å². The SMILES string of the molecule is COC(=O)Cc1ccc(N2C(=O)C(=O)/C(=C(/O)c3ccccc3)C2c2ccc(OC)cc2)cc1. The van der Waals surface area contributed by atoms with Crippen molar-refractivity contribution in [3.05, 3.63) is 101 Å². The van der Waals surface area contributed by atoms with Crippen LogP contribution in [0.4, 0.5) is 5.69 Å². The summed E-state index contributed by atoms with van der Waals surface area (Å²) < 4.78 is 9.94. The number of rotatable bonds is 6. The zero-order valence-corrected chi connectivity index (χ0v) is 18.7. The number of anilines is 1. The summed E-state index contributed by atoms with van der Waals surface area (Å²) in [5.41, 5.74) is 2.24. The molecule has 0 radical (unpaired) electrons. The predicted octanol–water partition coefficient (Wildman–Crippen LogP) is 4.04. The van der Waals surface area contributed by atoms with Gasteiger partial charge in [0.1, 0.15) is 11.5 Å². The minimum absolute atomic E-state index is 0.00000382. The Hall–Kier alpha value is -4.39. The average molecular weight is 457 g/mol. The Kier molecular flexibility index (Phi) is 6.45. The molecule has 1 atom stereocenters. The van der Waals surface area contributed by atoms with E-state index in [1.165, 1.54) is 12.0 Å². The molecule has 7 nitrogen and oxygen atoms in total. The highest BCUT2D eigenvalue weighted by molar-refractivity contribution is 6.51. The first-order valence-electron chi connectivity index (χ1n) is 10.6. The first kappa shape index (κ1) is 22.8. The molecule has 1 unspecified atom stereocenters. The van der Waals surface area contributed by atoms with Gasteiger partial charge in [-0.15, -0.1) is 0 Å². The van der Waals surface area contributed by atoms with Crippen LogP contribution in [0.2, 0.25) is 0 Å². The monoisotopic (exact) mass is 457 g/mol. The summed E-state index contributed by atoms with van der Waals surface area (Å²) in [6.45, 7) is 0. The Morgan fingerprint density at radius 3 is 2.15 bits per heavy atom. The van der Waals surface area contributed by atoms with E-state index in [1.807, 2.05) is 0 Å². The van der Waals surface area contributed by atoms with Crippen molar-refractivity contribution in [1.29, 1.82) is 0 Å². The van der Waals surface area contributed by atoms with Gasteiger partial charge < -0.3 is 14.6 Å². The molecule has 0 saturated carbocycles. The molecule has 4 rings (SSSR count). The quantitative estimate of drug-likeness (QED) is 0.260. The second-order valence-corrected chi connectivity index (χ2v) is 7.73. The van der Waals surface area contributed by atoms with Crippen molar-refractivity contribution in [3.8, 4) is 5.75 Å². The minimum Gasteiger partial charge on any atom is -0.507 e. The van der Waals surface area contributed by atoms with Crippen molar-refractivity contribution >= 4 is 29.1 Å². The van der Waals surface area contributed by atoms with Crippen molar-refractivity contribution in [1.82, 2.24) is 0 Å². The normalized spacial score (nSPS) is 17.0. The summed E-state index contributed by atoms with van der Waals surface area (Å²) in [7, 11) is 2.87. The van der Waals surface area contributed by atoms with Crippen LogP contribution < -0.4 is 9.64 Å². The van der Waals surface area contributed by atoms with Gasteiger partial charge in [-0.05, 0) is 35.4 Å². The Balaban J connectivity index is 1.83. The molecule has 1 N–H and O–H groups in total. The number of carbonyl (C=O) groups is 3. The number of methoxy groups -OCH3 is 2. The van der Waals surface area contributed by atoms with E-state index in [-0.39, 0.29) is 23.7 Å². The summed E-state index contributed by atoms with van der Waals surface area (Å²) >= 11 is 0. The lowest BCUT2D eigenvalue weighted by atomic mass is 9.95. The summed E-state index contributed by atoms with van der Waals surface area (Å²) in [4.78, 5) is 39.3. The molecular weight excluding hydrogens is 434 g/mol. The van der Waals surface area contributed by atoms with Crippen molar-refractivity contribution in [2.75, 3.05) is 19.1 Å². The smallest absolute Gasteiger partial charge is 0.309 e. The number of benzene rings is 3. The average Bonchev–Trinajstić information content (AvgIpc) is 3.14. The van der Waals surface area contributed by atoms with Gasteiger partial charge in [-0.1, -0.05) is 54.6 Å². The summed E-state index contributed by atoms with van der Waals surface area (Å²) in [6, 6.07) is 21.5. The summed E-state index contributed by atoms with van der Waals surface area (Å²) in [5, 5.41) is 11.1. The Labute approximate surface area is 196 Å². The molecular formula is C27H23NO6. The molecule has 1 amide bonds. The highest BCUT2D eigenvalue weighted by atomic mass is 16.5. The topological polar surface area (TPSA) is 93.1 Å². The summed E-state index contributed by atoms with van der Waals surface area (Å²) in [5.74, 6) is -1.53. The predicted molar refractivity (Wildman–Crippen MR) is 126 cm³/mol. The van der Waals surface area contributed by atoms with Crippen LogP contribution in [-0.2, 0) is 25.5 Å². The second kappa shape index (κ2) is 9.62. The summed E-state index contributed by atoms with van der Waals surface area (Å²) in [6.07, 6.45) is 0.0888. The third-order valence-electron chi connectivity index (χ3n) is 5.71. The Bertz CT molecular complexity index is 1250. The highest BCUT2D eigenvalue weighted by Crippen LogP contribution is 2.42. The van der Waals surface area contributed by atoms with E-state index in [1.54, 1.807) is 86.0 Å². The lowest BCUT2D eigenvalue weighted by Gasteiger charge is -2.25. The first-order valence-corrected chi connectivity index (χ1v) is 10.6. The van der Waals surface area contributed by atoms with Gasteiger partial charge in [-0.3, -0.25) is 19.3 Å². The highest BCUT2D eigenvalue weighted by Gasteiger charge is 2.46. The van der Waals surface area contributed by atoms with E-state index in [0.29, 0.717) is 28.1 Å². The molecule has 1 aliphatic heterocycles. The fourth-order valence-electron chi connectivity index (χ4n) is 3.97. The standard InChI is InChI=1S/C27H23NO6/c1-33-21-14-10-18(11-15-21)24-23(25(30)19-6-4-3-5-7-19)26(31)27(32)28(24)20-12-8-17(9-13-20)16-22(29)34-2/h3-15,24,30H,16H2,1-2H3/b25-23+. The molecule has 1 aliphatic rings. The number of ether oxygens (including phenoxy) is 2. The number of aliphatic hydroxyl groups is 1. The van der Waals surface area contributed by atoms with Gasteiger partial charge in [0, 0.05) is 11.3 Å². The number of ketones is 1. The van der Waals surface area contributed by atoms with Crippen LogP contribution in [0.3, 0.4) is 0 Å². The number of amides is 1. The van der Waals surface area contributed by atoms with Crippen LogP contribution in [-0.4, -0.2) is 37.0 Å². The van der Waals surface area contributed by atoms with Crippen molar-refractivity contribution < 1.29 is 29.0 Å². The number of hydrogen-bond acceptors (Lipinski definition) is 6. The number of aliphatic hydroxyl groups excluding tert-OH is 1. The molecule has 3 aromatic carbocycles. The zero-order chi connectivity index (χ0) is 24.2. The van der Waals surface area contributed by atoms with Crippen LogP contribution >= 0.6 is 0 Å². The number of hydrogen-bond donors (Lipinski definition) is 1. The van der Waals surface area contributed by atoms with E-state index in [9.17, 15) is 19.5 Å². The van der Waals surface area contributed by atoms with Gasteiger partial charge in [0.15, 0.2) is 0 Å². The van der Waals surface area contributed by atoms with E-state index >= 15 is 0 Å². The van der Waals surface area contributed by atoms with Crippen LogP contribution in [0.25, 0.3) is 5.76 Å². The Morgan fingerprint density at radius 1 is 0.912 bits per heavy atom. The van der Waals surface area contributed by atoms with E-state index in [4.69, 9.17) is 9.47 Å². The maximum atomic E-state index is 13.2. The van der Waals surface area contributed by atoms with Crippen LogP contribution in [0.5, 0.6) is 5.75 Å². The maximum absolute atomic E-state index is 13.2. The molecule has 0 aliphatic carbocycles. The fourth-order valence-corrected chi connectivity index (χ4v) is 3.97. The molecule has 3 aromatic rings. The van der Waals surface area contributed by atoms with E-state index in [0.717, 1.165) is 0 Å². The van der Waals surface area contributed by atoms with Gasteiger partial charge in [-0.2, -0.15) is 0 Å². The zero-order valence-electron chi connectivity index (χ0n) is 18.7. The fraction of sp³-hybridized carbons (Fsp3) is 0.148. The molecule has 172 valence electrons. The molecule has 1 heterocycles. The number of carbonyl (C=O) groups excluding carboxylic acids is 3. The molecule has 1 saturated heterocycles. The molecule has 0 bridgehead atoms. The minimum atomic E-state index is -0.849. The Morgan fingerprint density at radius 2 is 1.56 bits per heavy atom. The molecule has 0 spiro atoms. The lowest BCUT2D eigenvalue weighted by Crippen LogP contribution is -2.29. The number of nitrogens with zero attached hydrogens (tertiary/aromatic N) is 1. The molecule has 0 aromatic heterocycles. The number of esters is 1. The van der Waals surface area contributed by atoms with Crippen LogP contribution in [0, 0.1) is 0 Å². The molecule has 7 heteroatoms. The van der Waals surface area contributed by atoms with Crippen LogP contribution in [0.15, 0.2) is 84.4 Å². The van der Waals surface area contributed by atoms with Gasteiger partial charge >= 0.3 is 5.97 Å². The maximum Gasteiger partial charge on any atom is 0.309 e. The van der Waals surface area contributed by atoms with Gasteiger partial charge in [0.2, 0.25) is 0 Å². The van der Waals surface area contributed by atoms with Gasteiger partial charge in [-0.25, -0.2) is 0 Å². The van der Waals surface area contributed by atoms with E-state index in [2.05, 4.69) is 0 Å². The third-order valence-corrected chi connectivity index (χ3v) is 5.71.